The molecular weight excluding hydrogens is 270 g/mol. The van der Waals surface area contributed by atoms with Crippen molar-refractivity contribution in [3.8, 4) is 0 Å². The average molecular weight is 283 g/mol. The number of aromatic nitrogens is 2. The second-order valence-corrected chi connectivity index (χ2v) is 5.74. The van der Waals surface area contributed by atoms with Crippen molar-refractivity contribution in [2.45, 2.75) is 30.0 Å². The fourth-order valence-corrected chi connectivity index (χ4v) is 3.47. The topological polar surface area (TPSA) is 124 Å². The van der Waals surface area contributed by atoms with Crippen LogP contribution in [0.5, 0.6) is 0 Å². The summed E-state index contributed by atoms with van der Waals surface area (Å²) in [7, 11) is 0. The fourth-order valence-electron chi connectivity index (χ4n) is 2.04. The highest BCUT2D eigenvalue weighted by molar-refractivity contribution is 8.00. The van der Waals surface area contributed by atoms with Crippen molar-refractivity contribution in [2.75, 3.05) is 6.61 Å². The highest BCUT2D eigenvalue weighted by atomic mass is 32.2. The first-order chi connectivity index (χ1) is 9.06. The number of nitrogens with one attached hydrogen (secondary N) is 1. The number of H-pyrrole nitrogens is 1. The molecule has 2 N–H and O–H groups in total. The van der Waals surface area contributed by atoms with E-state index in [1.807, 2.05) is 0 Å². The van der Waals surface area contributed by atoms with Crippen LogP contribution in [0.25, 0.3) is 10.4 Å². The second kappa shape index (κ2) is 5.52. The lowest BCUT2D eigenvalue weighted by atomic mass is 10.1. The third kappa shape index (κ3) is 2.67. The number of thioether (sulfide) groups is 1. The first-order valence-corrected chi connectivity index (χ1v) is 6.63. The van der Waals surface area contributed by atoms with Crippen molar-refractivity contribution < 1.29 is 5.11 Å². The summed E-state index contributed by atoms with van der Waals surface area (Å²) in [5.41, 5.74) is 8.00. The number of aliphatic hydroxyl groups is 1. The normalized spacial score (nSPS) is 26.1. The van der Waals surface area contributed by atoms with Gasteiger partial charge in [-0.25, -0.2) is 4.79 Å². The fraction of sp³-hybridized carbons (Fsp3) is 0.600. The molecule has 1 aromatic rings. The monoisotopic (exact) mass is 283 g/mol. The van der Waals surface area contributed by atoms with Gasteiger partial charge in [0.2, 0.25) is 0 Å². The van der Waals surface area contributed by atoms with Gasteiger partial charge in [0.05, 0.1) is 18.0 Å². The molecule has 0 aliphatic carbocycles. The summed E-state index contributed by atoms with van der Waals surface area (Å²) in [5, 5.41) is 12.4. The Labute approximate surface area is 112 Å². The number of aromatic amines is 1. The Kier molecular flexibility index (Phi) is 3.98. The Bertz CT molecular complexity index is 633. The minimum atomic E-state index is -0.537. The Morgan fingerprint density at radius 1 is 1.68 bits per heavy atom. The van der Waals surface area contributed by atoms with Crippen LogP contribution in [0.1, 0.15) is 17.4 Å². The maximum Gasteiger partial charge on any atom is 0.329 e. The van der Waals surface area contributed by atoms with Crippen LogP contribution in [-0.4, -0.2) is 32.6 Å². The van der Waals surface area contributed by atoms with Crippen molar-refractivity contribution in [3.05, 3.63) is 43.0 Å². The summed E-state index contributed by atoms with van der Waals surface area (Å²) < 4.78 is 1.36. The van der Waals surface area contributed by atoms with Gasteiger partial charge in [-0.2, -0.15) is 0 Å². The molecule has 0 bridgehead atoms. The third-order valence-electron chi connectivity index (χ3n) is 2.99. The summed E-state index contributed by atoms with van der Waals surface area (Å²) in [6, 6.07) is -0.421. The summed E-state index contributed by atoms with van der Waals surface area (Å²) >= 11 is 1.37. The summed E-state index contributed by atoms with van der Waals surface area (Å²) in [4.78, 5) is 28.2. The molecule has 0 saturated carbocycles. The van der Waals surface area contributed by atoms with Gasteiger partial charge in [0.1, 0.15) is 0 Å². The molecule has 1 aliphatic heterocycles. The van der Waals surface area contributed by atoms with Crippen molar-refractivity contribution in [3.63, 3.8) is 0 Å². The van der Waals surface area contributed by atoms with Crippen LogP contribution in [0.15, 0.2) is 20.9 Å². The Morgan fingerprint density at radius 3 is 3.05 bits per heavy atom. The molecule has 8 nitrogen and oxygen atoms in total. The van der Waals surface area contributed by atoms with E-state index in [9.17, 15) is 14.7 Å². The molecule has 0 spiro atoms. The van der Waals surface area contributed by atoms with Crippen LogP contribution in [0, 0.1) is 6.92 Å². The standard InChI is InChI=1S/C10H13N5O3S/c1-5-3-15(10(18)12-8(5)17)9-7(13-14-11)2-6(4-16)19-9/h3,6-7,9,16H,2,4H2,1H3,(H,12,17,18)/t6-,7+,9-/m1/s1. The molecule has 2 heterocycles. The molecule has 0 radical (unpaired) electrons. The molecule has 1 saturated heterocycles. The van der Waals surface area contributed by atoms with Gasteiger partial charge in [0.15, 0.2) is 0 Å². The van der Waals surface area contributed by atoms with Crippen molar-refractivity contribution in [2.24, 2.45) is 5.11 Å². The molecule has 1 fully saturated rings. The first kappa shape index (κ1) is 13.7. The highest BCUT2D eigenvalue weighted by Gasteiger charge is 2.36. The molecule has 3 atom stereocenters. The molecule has 2 rings (SSSR count). The molecule has 9 heteroatoms. The molecule has 102 valence electrons. The molecule has 0 aromatic carbocycles. The minimum Gasteiger partial charge on any atom is -0.395 e. The van der Waals surface area contributed by atoms with Crippen LogP contribution in [-0.2, 0) is 0 Å². The quantitative estimate of drug-likeness (QED) is 0.476. The van der Waals surface area contributed by atoms with Gasteiger partial charge < -0.3 is 5.11 Å². The van der Waals surface area contributed by atoms with Gasteiger partial charge in [0, 0.05) is 21.9 Å². The minimum absolute atomic E-state index is 0.0459. The van der Waals surface area contributed by atoms with Gasteiger partial charge in [-0.05, 0) is 18.9 Å². The molecule has 1 aliphatic rings. The predicted octanol–water partition coefficient (Wildman–Crippen LogP) is 0.520. The number of nitrogens with zero attached hydrogens (tertiary/aromatic N) is 4. The Morgan fingerprint density at radius 2 is 2.42 bits per heavy atom. The van der Waals surface area contributed by atoms with Crippen LogP contribution >= 0.6 is 11.8 Å². The summed E-state index contributed by atoms with van der Waals surface area (Å²) in [6.45, 7) is 1.55. The zero-order valence-corrected chi connectivity index (χ0v) is 11.0. The number of rotatable bonds is 3. The Balaban J connectivity index is 2.44. The number of azide groups is 1. The predicted molar refractivity (Wildman–Crippen MR) is 71.1 cm³/mol. The van der Waals surface area contributed by atoms with Crippen LogP contribution in [0.4, 0.5) is 0 Å². The zero-order chi connectivity index (χ0) is 14.0. The maximum absolute atomic E-state index is 11.8. The molecule has 19 heavy (non-hydrogen) atoms. The number of hydrogen-bond donors (Lipinski definition) is 2. The van der Waals surface area contributed by atoms with Crippen molar-refractivity contribution in [1.82, 2.24) is 9.55 Å². The number of aliphatic hydroxyl groups excluding tert-OH is 1. The van der Waals surface area contributed by atoms with E-state index in [1.54, 1.807) is 6.92 Å². The number of aryl methyl sites for hydroxylation is 1. The second-order valence-electron chi connectivity index (χ2n) is 4.32. The molecular formula is C10H13N5O3S. The van der Waals surface area contributed by atoms with Crippen LogP contribution < -0.4 is 11.2 Å². The highest BCUT2D eigenvalue weighted by Crippen LogP contribution is 2.42. The summed E-state index contributed by atoms with van der Waals surface area (Å²) in [6.07, 6.45) is 1.96. The summed E-state index contributed by atoms with van der Waals surface area (Å²) in [5.74, 6) is 0. The molecule has 0 amide bonds. The van der Waals surface area contributed by atoms with E-state index in [2.05, 4.69) is 15.0 Å². The van der Waals surface area contributed by atoms with Gasteiger partial charge in [-0.3, -0.25) is 14.3 Å². The van der Waals surface area contributed by atoms with Crippen LogP contribution in [0.2, 0.25) is 0 Å². The van der Waals surface area contributed by atoms with E-state index in [0.717, 1.165) is 0 Å². The van der Waals surface area contributed by atoms with Crippen LogP contribution in [0.3, 0.4) is 0 Å². The van der Waals surface area contributed by atoms with Gasteiger partial charge in [-0.15, -0.1) is 11.8 Å². The van der Waals surface area contributed by atoms with E-state index >= 15 is 0 Å². The zero-order valence-electron chi connectivity index (χ0n) is 10.2. The van der Waals surface area contributed by atoms with Gasteiger partial charge >= 0.3 is 5.69 Å². The lowest BCUT2D eigenvalue weighted by molar-refractivity contribution is 0.289. The average Bonchev–Trinajstić information content (AvgIpc) is 2.77. The van der Waals surface area contributed by atoms with E-state index in [1.165, 1.54) is 22.5 Å². The Hall–Kier alpha value is -1.70. The first-order valence-electron chi connectivity index (χ1n) is 5.69. The molecule has 1 aromatic heterocycles. The van der Waals surface area contributed by atoms with Gasteiger partial charge in [-0.1, -0.05) is 5.11 Å². The van der Waals surface area contributed by atoms with E-state index < -0.39 is 22.7 Å². The largest absolute Gasteiger partial charge is 0.395 e. The van der Waals surface area contributed by atoms with Crippen molar-refractivity contribution in [1.29, 1.82) is 0 Å². The lowest BCUT2D eigenvalue weighted by Gasteiger charge is -2.17. The van der Waals surface area contributed by atoms with E-state index in [-0.39, 0.29) is 11.9 Å². The van der Waals surface area contributed by atoms with Crippen molar-refractivity contribution >= 4 is 11.8 Å². The van der Waals surface area contributed by atoms with E-state index in [0.29, 0.717) is 12.0 Å². The number of hydrogen-bond acceptors (Lipinski definition) is 5. The van der Waals surface area contributed by atoms with Gasteiger partial charge in [0.25, 0.3) is 5.56 Å². The van der Waals surface area contributed by atoms with E-state index in [4.69, 9.17) is 5.53 Å². The SMILES string of the molecule is Cc1cn([C@@H]2S[C@@H](CO)C[C@@H]2N=[N+]=[N-])c(=O)[nH]c1=O. The lowest BCUT2D eigenvalue weighted by Crippen LogP contribution is -2.34. The smallest absolute Gasteiger partial charge is 0.329 e. The third-order valence-corrected chi connectivity index (χ3v) is 4.54. The maximum atomic E-state index is 11.8. The molecule has 0 unspecified atom stereocenters.